The average Bonchev–Trinajstić information content (AvgIpc) is 3.51. The molecule has 6 heteroatoms. The van der Waals surface area contributed by atoms with Gasteiger partial charge in [0.05, 0.1) is 12.0 Å². The van der Waals surface area contributed by atoms with Gasteiger partial charge in [0.15, 0.2) is 11.7 Å². The number of carbonyl (C=O) groups excluding carboxylic acids is 2. The van der Waals surface area contributed by atoms with Crippen molar-refractivity contribution in [1.29, 1.82) is 5.41 Å². The molecule has 5 nitrogen and oxygen atoms in total. The number of fused-ring (bicyclic) bond motifs is 7. The highest BCUT2D eigenvalue weighted by molar-refractivity contribution is 6.75. The maximum Gasteiger partial charge on any atom is 0.299 e. The summed E-state index contributed by atoms with van der Waals surface area (Å²) < 4.78 is 12.5. The van der Waals surface area contributed by atoms with Gasteiger partial charge >= 0.3 is 0 Å². The molecular weight excluding hydrogens is 731 g/mol. The smallest absolute Gasteiger partial charge is 0.299 e. The molecule has 0 amide bonds. The number of rotatable bonds is 9. The van der Waals surface area contributed by atoms with E-state index in [4.69, 9.17) is 14.6 Å². The van der Waals surface area contributed by atoms with Crippen molar-refractivity contribution in [2.75, 3.05) is 6.61 Å². The fraction of sp³-hybridized carbons (Fsp3) is 0.712. The van der Waals surface area contributed by atoms with E-state index in [1.165, 1.54) is 30.4 Å². The van der Waals surface area contributed by atoms with E-state index < -0.39 is 13.7 Å². The highest BCUT2D eigenvalue weighted by Crippen LogP contribution is 2.78. The summed E-state index contributed by atoms with van der Waals surface area (Å²) in [6.07, 6.45) is 16.2. The fourth-order valence-electron chi connectivity index (χ4n) is 13.8. The van der Waals surface area contributed by atoms with Gasteiger partial charge in [0.25, 0.3) is 14.3 Å². The van der Waals surface area contributed by atoms with E-state index in [1.807, 2.05) is 25.1 Å². The SMILES string of the molecule is C=C(CC(=N)OCC)[C@@H]1CC[C@]2(C(=O)O[Si](C)(C)C(C)(C)C)CC[C@]3(C)[C@H](CC[C@@H]4[C@@]5(C)CC=C(c6ccc(C(=O)/C=C/C(C)(C)C)cc6)C(C)(C)C5CC[C@]43C)[C@@H]12. The third-order valence-electron chi connectivity index (χ3n) is 18.0. The number of ether oxygens (including phenoxy) is 1. The Hall–Kier alpha value is -2.73. The van der Waals surface area contributed by atoms with Gasteiger partial charge in [-0.3, -0.25) is 15.0 Å². The molecule has 0 heterocycles. The Morgan fingerprint density at radius 3 is 2.14 bits per heavy atom. The highest BCUT2D eigenvalue weighted by Gasteiger charge is 2.72. The van der Waals surface area contributed by atoms with Crippen molar-refractivity contribution in [3.63, 3.8) is 0 Å². The molecule has 6 rings (SSSR count). The van der Waals surface area contributed by atoms with Crippen molar-refractivity contribution >= 4 is 31.5 Å². The van der Waals surface area contributed by atoms with Crippen LogP contribution in [-0.4, -0.2) is 32.6 Å². The number of hydrogen-bond acceptors (Lipinski definition) is 5. The fourth-order valence-corrected chi connectivity index (χ4v) is 14.8. The van der Waals surface area contributed by atoms with Crippen molar-refractivity contribution in [3.05, 3.63) is 65.8 Å². The van der Waals surface area contributed by atoms with E-state index in [0.29, 0.717) is 36.7 Å². The largest absolute Gasteiger partial charge is 0.519 e. The van der Waals surface area contributed by atoms with Crippen LogP contribution in [0.3, 0.4) is 0 Å². The Kier molecular flexibility index (Phi) is 11.6. The molecule has 4 fully saturated rings. The van der Waals surface area contributed by atoms with Crippen molar-refractivity contribution in [3.8, 4) is 0 Å². The maximum absolute atomic E-state index is 15.0. The Balaban J connectivity index is 1.33. The van der Waals surface area contributed by atoms with Gasteiger partial charge in [-0.05, 0) is 157 Å². The second-order valence-electron chi connectivity index (χ2n) is 23.5. The van der Waals surface area contributed by atoms with Gasteiger partial charge in [-0.2, -0.15) is 0 Å². The number of ketones is 1. The lowest BCUT2D eigenvalue weighted by Gasteiger charge is -2.72. The van der Waals surface area contributed by atoms with E-state index in [-0.39, 0.29) is 55.7 Å². The minimum Gasteiger partial charge on any atom is -0.519 e. The van der Waals surface area contributed by atoms with E-state index in [1.54, 1.807) is 6.08 Å². The average molecular weight is 810 g/mol. The quantitative estimate of drug-likeness (QED) is 0.0673. The van der Waals surface area contributed by atoms with Crippen LogP contribution in [0.15, 0.2) is 54.6 Å². The molecule has 9 atom stereocenters. The molecular formula is C52H79NO4Si. The molecule has 1 N–H and O–H groups in total. The van der Waals surface area contributed by atoms with Gasteiger partial charge in [0.1, 0.15) is 0 Å². The Labute approximate surface area is 354 Å². The topological polar surface area (TPSA) is 76.4 Å². The first-order valence-corrected chi connectivity index (χ1v) is 25.8. The third kappa shape index (κ3) is 7.29. The van der Waals surface area contributed by atoms with Crippen LogP contribution in [0, 0.1) is 67.5 Å². The van der Waals surface area contributed by atoms with Crippen LogP contribution in [0.4, 0.5) is 0 Å². The molecule has 1 aromatic rings. The molecule has 0 spiro atoms. The van der Waals surface area contributed by atoms with Gasteiger partial charge in [-0.25, -0.2) is 0 Å². The molecule has 58 heavy (non-hydrogen) atoms. The number of allylic oxidation sites excluding steroid dienone is 4. The molecule has 0 aromatic heterocycles. The first-order chi connectivity index (χ1) is 26.7. The molecule has 1 aromatic carbocycles. The first-order valence-electron chi connectivity index (χ1n) is 22.8. The minimum atomic E-state index is -2.35. The van der Waals surface area contributed by atoms with Gasteiger partial charge in [0, 0.05) is 12.0 Å². The second kappa shape index (κ2) is 15.0. The van der Waals surface area contributed by atoms with Crippen LogP contribution in [0.2, 0.25) is 18.1 Å². The summed E-state index contributed by atoms with van der Waals surface area (Å²) in [6.45, 7) is 37.5. The summed E-state index contributed by atoms with van der Waals surface area (Å²) in [7, 11) is -2.35. The molecule has 0 aliphatic heterocycles. The van der Waals surface area contributed by atoms with E-state index in [9.17, 15) is 9.59 Å². The van der Waals surface area contributed by atoms with Crippen molar-refractivity contribution in [2.24, 2.45) is 62.1 Å². The predicted octanol–water partition coefficient (Wildman–Crippen LogP) is 14.1. The summed E-state index contributed by atoms with van der Waals surface area (Å²) in [4.78, 5) is 28.0. The lowest BCUT2D eigenvalue weighted by molar-refractivity contribution is -0.227. The van der Waals surface area contributed by atoms with Crippen LogP contribution in [0.1, 0.15) is 163 Å². The van der Waals surface area contributed by atoms with Gasteiger partial charge in [0.2, 0.25) is 0 Å². The van der Waals surface area contributed by atoms with Crippen LogP contribution < -0.4 is 0 Å². The summed E-state index contributed by atoms with van der Waals surface area (Å²) in [6, 6.07) is 8.40. The Bertz CT molecular complexity index is 1860. The lowest BCUT2D eigenvalue weighted by Crippen LogP contribution is -2.66. The Morgan fingerprint density at radius 1 is 0.879 bits per heavy atom. The number of carbonyl (C=O) groups is 2. The van der Waals surface area contributed by atoms with Gasteiger partial charge in [-0.1, -0.05) is 125 Å². The van der Waals surface area contributed by atoms with E-state index in [2.05, 4.69) is 114 Å². The molecule has 5 aliphatic rings. The van der Waals surface area contributed by atoms with Crippen molar-refractivity contribution in [2.45, 2.75) is 165 Å². The normalized spacial score (nSPS) is 35.8. The molecule has 5 aliphatic carbocycles. The second-order valence-corrected chi connectivity index (χ2v) is 28.2. The standard InChI is InChI=1S/C52H79NO4Si/c1-16-56-43(53)33-34(2)37-23-30-52(45(55)57-58(14,15)47(6,7)8)32-31-50(12)39(44(37)52)21-22-42-49(11)28-24-38(48(9,10)41(49)26-29-51(42,50)13)35-17-19-36(20-18-35)40(54)25-27-46(3,4)5/h17-20,24-25,27,37,39,41-42,44,53H,2,16,21-23,26,28-33H2,1,3-15H3/b27-25+,53-43?/t37-,39+,41?,42+,44+,49-,50+,51+,52-/m0/s1. The van der Waals surface area contributed by atoms with Gasteiger partial charge in [-0.15, -0.1) is 0 Å². The van der Waals surface area contributed by atoms with E-state index in [0.717, 1.165) is 49.7 Å². The van der Waals surface area contributed by atoms with Crippen LogP contribution in [0.25, 0.3) is 5.57 Å². The zero-order valence-electron chi connectivity index (χ0n) is 39.0. The van der Waals surface area contributed by atoms with Crippen molar-refractivity contribution in [1.82, 2.24) is 0 Å². The van der Waals surface area contributed by atoms with E-state index >= 15 is 0 Å². The monoisotopic (exact) mass is 810 g/mol. The molecule has 0 bridgehead atoms. The lowest BCUT2D eigenvalue weighted by atomic mass is 9.32. The number of hydrogen-bond donors (Lipinski definition) is 1. The predicted molar refractivity (Wildman–Crippen MR) is 243 cm³/mol. The highest BCUT2D eigenvalue weighted by atomic mass is 28.4. The van der Waals surface area contributed by atoms with Crippen LogP contribution in [0.5, 0.6) is 0 Å². The summed E-state index contributed by atoms with van der Waals surface area (Å²) in [5.41, 5.74) is 4.29. The first kappa shape index (κ1) is 44.8. The molecule has 0 saturated heterocycles. The summed E-state index contributed by atoms with van der Waals surface area (Å²) in [5, 5.41) is 8.53. The van der Waals surface area contributed by atoms with Gasteiger partial charge < -0.3 is 9.16 Å². The molecule has 1 unspecified atom stereocenters. The van der Waals surface area contributed by atoms with Crippen LogP contribution >= 0.6 is 0 Å². The summed E-state index contributed by atoms with van der Waals surface area (Å²) in [5.74, 6) is 2.28. The number of nitrogens with one attached hydrogen (secondary N) is 1. The summed E-state index contributed by atoms with van der Waals surface area (Å²) >= 11 is 0. The third-order valence-corrected chi connectivity index (χ3v) is 22.3. The molecule has 320 valence electrons. The molecule has 0 radical (unpaired) electrons. The minimum absolute atomic E-state index is 0.0156. The number of benzene rings is 1. The zero-order chi connectivity index (χ0) is 43.1. The van der Waals surface area contributed by atoms with Crippen LogP contribution in [-0.2, 0) is 14.0 Å². The molecule has 4 saturated carbocycles. The zero-order valence-corrected chi connectivity index (χ0v) is 40.0. The maximum atomic E-state index is 15.0. The van der Waals surface area contributed by atoms with Crippen molar-refractivity contribution < 1.29 is 18.8 Å². The Morgan fingerprint density at radius 2 is 1.53 bits per heavy atom.